The van der Waals surface area contributed by atoms with E-state index in [9.17, 15) is 4.79 Å². The van der Waals surface area contributed by atoms with Gasteiger partial charge in [0.05, 0.1) is 12.1 Å². The number of hydrogen-bond donors (Lipinski definition) is 1. The molecule has 0 aliphatic rings. The first kappa shape index (κ1) is 14.5. The highest BCUT2D eigenvalue weighted by molar-refractivity contribution is 5.66. The fraction of sp³-hybridized carbons (Fsp3) is 0.500. The van der Waals surface area contributed by atoms with Crippen molar-refractivity contribution in [1.29, 1.82) is 0 Å². The maximum Gasteiger partial charge on any atom is 0.304 e. The molecule has 0 aromatic carbocycles. The molecule has 0 aliphatic heterocycles. The number of imidazole rings is 1. The van der Waals surface area contributed by atoms with Gasteiger partial charge in [-0.25, -0.2) is 9.97 Å². The predicted molar refractivity (Wildman–Crippen MR) is 75.4 cm³/mol. The molecule has 2 rings (SSSR count). The number of rotatable bonds is 5. The molecule has 0 spiro atoms. The minimum Gasteiger partial charge on any atom is -0.481 e. The monoisotopic (exact) mass is 276 g/mol. The van der Waals surface area contributed by atoms with E-state index in [4.69, 9.17) is 5.11 Å². The predicted octanol–water partition coefficient (Wildman–Crippen LogP) is 1.80. The smallest absolute Gasteiger partial charge is 0.304 e. The summed E-state index contributed by atoms with van der Waals surface area (Å²) in [7, 11) is 0. The third-order valence-corrected chi connectivity index (χ3v) is 3.18. The van der Waals surface area contributed by atoms with Crippen LogP contribution in [0.1, 0.15) is 32.9 Å². The average molecular weight is 276 g/mol. The zero-order chi connectivity index (χ0) is 14.8. The van der Waals surface area contributed by atoms with Crippen LogP contribution in [0.15, 0.2) is 24.7 Å². The molecular weight excluding hydrogens is 256 g/mol. The number of hydrogen-bond acceptors (Lipinski definition) is 4. The maximum atomic E-state index is 10.8. The summed E-state index contributed by atoms with van der Waals surface area (Å²) < 4.78 is 1.87. The molecular formula is C14H20N4O2. The molecule has 0 saturated heterocycles. The largest absolute Gasteiger partial charge is 0.481 e. The molecule has 2 aromatic rings. The van der Waals surface area contributed by atoms with Gasteiger partial charge in [-0.05, 0) is 26.8 Å². The lowest BCUT2D eigenvalue weighted by molar-refractivity contribution is -0.137. The molecule has 20 heavy (non-hydrogen) atoms. The van der Waals surface area contributed by atoms with Gasteiger partial charge in [0.2, 0.25) is 5.78 Å². The Kier molecular flexibility index (Phi) is 4.04. The van der Waals surface area contributed by atoms with Crippen LogP contribution in [-0.2, 0) is 11.3 Å². The van der Waals surface area contributed by atoms with Crippen LogP contribution in [0.5, 0.6) is 0 Å². The van der Waals surface area contributed by atoms with Gasteiger partial charge < -0.3 is 5.11 Å². The van der Waals surface area contributed by atoms with Crippen LogP contribution < -0.4 is 0 Å². The van der Waals surface area contributed by atoms with Crippen molar-refractivity contribution in [2.45, 2.75) is 39.3 Å². The summed E-state index contributed by atoms with van der Waals surface area (Å²) in [5, 5.41) is 8.85. The molecule has 0 radical (unpaired) electrons. The van der Waals surface area contributed by atoms with Crippen molar-refractivity contribution in [3.05, 3.63) is 30.4 Å². The fourth-order valence-corrected chi connectivity index (χ4v) is 2.03. The summed E-state index contributed by atoms with van der Waals surface area (Å²) in [6.07, 6.45) is 5.67. The van der Waals surface area contributed by atoms with Crippen LogP contribution in [0.4, 0.5) is 0 Å². The van der Waals surface area contributed by atoms with Crippen molar-refractivity contribution in [2.24, 2.45) is 0 Å². The lowest BCUT2D eigenvalue weighted by Gasteiger charge is -2.34. The van der Waals surface area contributed by atoms with Crippen LogP contribution in [-0.4, -0.2) is 42.4 Å². The van der Waals surface area contributed by atoms with Gasteiger partial charge in [0.1, 0.15) is 0 Å². The zero-order valence-corrected chi connectivity index (χ0v) is 12.1. The first-order valence-corrected chi connectivity index (χ1v) is 6.62. The number of carboxylic acids is 1. The third kappa shape index (κ3) is 3.54. The molecule has 108 valence electrons. The molecule has 6 heteroatoms. The third-order valence-electron chi connectivity index (χ3n) is 3.18. The van der Waals surface area contributed by atoms with Gasteiger partial charge in [-0.15, -0.1) is 0 Å². The first-order valence-electron chi connectivity index (χ1n) is 6.62. The van der Waals surface area contributed by atoms with Gasteiger partial charge in [-0.2, -0.15) is 0 Å². The van der Waals surface area contributed by atoms with Crippen molar-refractivity contribution in [3.8, 4) is 0 Å². The van der Waals surface area contributed by atoms with Gasteiger partial charge in [-0.3, -0.25) is 14.1 Å². The highest BCUT2D eigenvalue weighted by Gasteiger charge is 2.23. The summed E-state index contributed by atoms with van der Waals surface area (Å²) in [4.78, 5) is 21.5. The number of carbonyl (C=O) groups is 1. The summed E-state index contributed by atoms with van der Waals surface area (Å²) in [5.74, 6) is -0.120. The lowest BCUT2D eigenvalue weighted by atomic mass is 10.1. The Bertz CT molecular complexity index is 567. The highest BCUT2D eigenvalue weighted by Crippen LogP contribution is 2.17. The second kappa shape index (κ2) is 5.58. The Morgan fingerprint density at radius 3 is 2.80 bits per heavy atom. The van der Waals surface area contributed by atoms with E-state index in [1.807, 2.05) is 22.9 Å². The van der Waals surface area contributed by atoms with Crippen LogP contribution >= 0.6 is 0 Å². The van der Waals surface area contributed by atoms with E-state index in [0.717, 1.165) is 5.69 Å². The van der Waals surface area contributed by atoms with Gasteiger partial charge in [-0.1, -0.05) is 0 Å². The van der Waals surface area contributed by atoms with E-state index in [1.165, 1.54) is 0 Å². The summed E-state index contributed by atoms with van der Waals surface area (Å²) in [6, 6.07) is 1.85. The molecule has 0 atom stereocenters. The quantitative estimate of drug-likeness (QED) is 0.901. The average Bonchev–Trinajstić information content (AvgIpc) is 2.75. The summed E-state index contributed by atoms with van der Waals surface area (Å²) in [5.41, 5.74) is 0.780. The summed E-state index contributed by atoms with van der Waals surface area (Å²) >= 11 is 0. The topological polar surface area (TPSA) is 70.7 Å². The van der Waals surface area contributed by atoms with E-state index >= 15 is 0 Å². The molecule has 0 aliphatic carbocycles. The van der Waals surface area contributed by atoms with Gasteiger partial charge in [0.15, 0.2) is 0 Å². The fourth-order valence-electron chi connectivity index (χ4n) is 2.03. The Morgan fingerprint density at radius 2 is 2.20 bits per heavy atom. The van der Waals surface area contributed by atoms with E-state index in [2.05, 4.69) is 35.6 Å². The Hall–Kier alpha value is -1.95. The van der Waals surface area contributed by atoms with E-state index < -0.39 is 5.97 Å². The molecule has 1 N–H and O–H groups in total. The van der Waals surface area contributed by atoms with Crippen LogP contribution in [0, 0.1) is 0 Å². The van der Waals surface area contributed by atoms with Crippen molar-refractivity contribution in [3.63, 3.8) is 0 Å². The molecule has 0 amide bonds. The molecule has 2 heterocycles. The van der Waals surface area contributed by atoms with Gasteiger partial charge in [0, 0.05) is 37.2 Å². The maximum absolute atomic E-state index is 10.8. The lowest BCUT2D eigenvalue weighted by Crippen LogP contribution is -2.42. The standard InChI is InChI=1S/C14H20N4O2/c1-14(2,3)18(8-5-12(19)20)10-11-9-17-7-4-6-15-13(17)16-11/h4,6-7,9H,5,8,10H2,1-3H3,(H,19,20). The van der Waals surface area contributed by atoms with Crippen molar-refractivity contribution in [2.75, 3.05) is 6.54 Å². The van der Waals surface area contributed by atoms with Crippen LogP contribution in [0.25, 0.3) is 5.78 Å². The Morgan fingerprint density at radius 1 is 1.45 bits per heavy atom. The normalized spacial score (nSPS) is 12.2. The van der Waals surface area contributed by atoms with Crippen molar-refractivity contribution >= 4 is 11.7 Å². The van der Waals surface area contributed by atoms with Crippen LogP contribution in [0.2, 0.25) is 0 Å². The van der Waals surface area contributed by atoms with E-state index in [1.54, 1.807) is 6.20 Å². The van der Waals surface area contributed by atoms with Crippen molar-refractivity contribution < 1.29 is 9.90 Å². The number of aliphatic carboxylic acids is 1. The van der Waals surface area contributed by atoms with E-state index in [-0.39, 0.29) is 12.0 Å². The molecule has 2 aromatic heterocycles. The van der Waals surface area contributed by atoms with Gasteiger partial charge in [0.25, 0.3) is 0 Å². The van der Waals surface area contributed by atoms with Crippen molar-refractivity contribution in [1.82, 2.24) is 19.3 Å². The Labute approximate surface area is 118 Å². The van der Waals surface area contributed by atoms with Gasteiger partial charge >= 0.3 is 5.97 Å². The zero-order valence-electron chi connectivity index (χ0n) is 12.1. The first-order chi connectivity index (χ1) is 9.36. The molecule has 0 saturated carbocycles. The second-order valence-electron chi connectivity index (χ2n) is 5.80. The molecule has 6 nitrogen and oxygen atoms in total. The number of fused-ring (bicyclic) bond motifs is 1. The molecule has 0 bridgehead atoms. The van der Waals surface area contributed by atoms with Crippen LogP contribution in [0.3, 0.4) is 0 Å². The highest BCUT2D eigenvalue weighted by atomic mass is 16.4. The molecule has 0 fully saturated rings. The minimum absolute atomic E-state index is 0.112. The molecule has 0 unspecified atom stereocenters. The Balaban J connectivity index is 2.16. The second-order valence-corrected chi connectivity index (χ2v) is 5.80. The SMILES string of the molecule is CC(C)(C)N(CCC(=O)O)Cc1cn2cccnc2n1. The minimum atomic E-state index is -0.782. The van der Waals surface area contributed by atoms with E-state index in [0.29, 0.717) is 18.9 Å². The summed E-state index contributed by atoms with van der Waals surface area (Å²) in [6.45, 7) is 7.33. The number of carboxylic acid groups (broad SMARTS) is 1. The number of aromatic nitrogens is 3. The number of nitrogens with zero attached hydrogens (tertiary/aromatic N) is 4.